The second-order valence-corrected chi connectivity index (χ2v) is 3.27. The maximum absolute atomic E-state index is 10.3. The summed E-state index contributed by atoms with van der Waals surface area (Å²) in [7, 11) is 0. The fraction of sp³-hybridized carbons (Fsp3) is 0.556. The van der Waals surface area contributed by atoms with Gasteiger partial charge in [0, 0.05) is 0 Å². The fourth-order valence-electron chi connectivity index (χ4n) is 0.672. The molecule has 3 N–H and O–H groups in total. The average molecular weight is 183 g/mol. The van der Waals surface area contributed by atoms with Gasteiger partial charge < -0.3 is 5.73 Å². The Balaban J connectivity index is 4.27. The Labute approximate surface area is 78.9 Å². The Morgan fingerprint density at radius 2 is 2.00 bits per heavy atom. The lowest BCUT2D eigenvalue weighted by Crippen LogP contribution is -2.25. The molecule has 0 fully saturated rings. The van der Waals surface area contributed by atoms with E-state index >= 15 is 0 Å². The Kier molecular flexibility index (Phi) is 4.80. The van der Waals surface area contributed by atoms with Crippen LogP contribution in [0.15, 0.2) is 16.8 Å². The number of hydrazone groups is 1. The van der Waals surface area contributed by atoms with Gasteiger partial charge in [-0.1, -0.05) is 19.4 Å². The van der Waals surface area contributed by atoms with Crippen LogP contribution in [-0.4, -0.2) is 11.7 Å². The van der Waals surface area contributed by atoms with Gasteiger partial charge in [0.15, 0.2) is 0 Å². The van der Waals surface area contributed by atoms with E-state index < -0.39 is 6.03 Å². The van der Waals surface area contributed by atoms with Crippen molar-refractivity contribution in [3.63, 3.8) is 0 Å². The van der Waals surface area contributed by atoms with Crippen LogP contribution in [0.5, 0.6) is 0 Å². The zero-order valence-corrected chi connectivity index (χ0v) is 8.59. The zero-order chi connectivity index (χ0) is 10.4. The van der Waals surface area contributed by atoms with Gasteiger partial charge in [-0.05, 0) is 25.8 Å². The van der Waals surface area contributed by atoms with Gasteiger partial charge in [-0.3, -0.25) is 0 Å². The van der Waals surface area contributed by atoms with E-state index in [9.17, 15) is 4.79 Å². The number of nitrogens with zero attached hydrogens (tertiary/aromatic N) is 1. The van der Waals surface area contributed by atoms with Crippen molar-refractivity contribution in [2.45, 2.75) is 27.7 Å². The van der Waals surface area contributed by atoms with E-state index in [1.54, 1.807) is 0 Å². The summed E-state index contributed by atoms with van der Waals surface area (Å²) in [5.74, 6) is 0.485. The molecular weight excluding hydrogens is 166 g/mol. The van der Waals surface area contributed by atoms with Gasteiger partial charge in [-0.15, -0.1) is 0 Å². The molecule has 0 spiro atoms. The highest BCUT2D eigenvalue weighted by atomic mass is 16.2. The average Bonchev–Trinajstić information content (AvgIpc) is 2.00. The molecule has 0 saturated carbocycles. The van der Waals surface area contributed by atoms with Gasteiger partial charge in [0.2, 0.25) is 0 Å². The molecule has 0 aliphatic heterocycles. The van der Waals surface area contributed by atoms with Crippen LogP contribution >= 0.6 is 0 Å². The van der Waals surface area contributed by atoms with Crippen molar-refractivity contribution in [1.29, 1.82) is 0 Å². The summed E-state index contributed by atoms with van der Waals surface area (Å²) in [5, 5.41) is 3.76. The van der Waals surface area contributed by atoms with Crippen molar-refractivity contribution >= 4 is 11.7 Å². The molecule has 0 aromatic heterocycles. The summed E-state index contributed by atoms with van der Waals surface area (Å²) >= 11 is 0. The minimum Gasteiger partial charge on any atom is -0.350 e. The van der Waals surface area contributed by atoms with Crippen LogP contribution in [0.2, 0.25) is 0 Å². The molecule has 0 rings (SSSR count). The van der Waals surface area contributed by atoms with E-state index in [0.29, 0.717) is 5.92 Å². The largest absolute Gasteiger partial charge is 0.350 e. The molecule has 0 saturated heterocycles. The number of nitrogens with one attached hydrogen (secondary N) is 1. The van der Waals surface area contributed by atoms with E-state index in [-0.39, 0.29) is 0 Å². The summed E-state index contributed by atoms with van der Waals surface area (Å²) < 4.78 is 0. The number of primary amides is 1. The van der Waals surface area contributed by atoms with Crippen LogP contribution in [0.1, 0.15) is 27.7 Å². The van der Waals surface area contributed by atoms with Crippen molar-refractivity contribution in [2.24, 2.45) is 16.8 Å². The molecule has 0 aromatic rings. The van der Waals surface area contributed by atoms with Crippen molar-refractivity contribution < 1.29 is 4.79 Å². The number of allylic oxidation sites excluding steroid dienone is 2. The van der Waals surface area contributed by atoms with E-state index in [1.165, 1.54) is 5.57 Å². The van der Waals surface area contributed by atoms with E-state index in [2.05, 4.69) is 24.4 Å². The summed E-state index contributed by atoms with van der Waals surface area (Å²) in [5.41, 5.74) is 8.98. The van der Waals surface area contributed by atoms with Crippen molar-refractivity contribution in [1.82, 2.24) is 5.43 Å². The standard InChI is InChI=1S/C9H17N3O/c1-6(2)7(3)5-8(4)11-12-9(10)13/h5-6H,1-4H3,(H3,10,12,13)/b7-5+,11-8+. The summed E-state index contributed by atoms with van der Waals surface area (Å²) in [4.78, 5) is 10.3. The highest BCUT2D eigenvalue weighted by Crippen LogP contribution is 2.07. The van der Waals surface area contributed by atoms with Crippen LogP contribution < -0.4 is 11.2 Å². The topological polar surface area (TPSA) is 67.5 Å². The van der Waals surface area contributed by atoms with Gasteiger partial charge in [0.1, 0.15) is 0 Å². The quantitative estimate of drug-likeness (QED) is 0.507. The van der Waals surface area contributed by atoms with Crippen LogP contribution in [0.25, 0.3) is 0 Å². The second-order valence-electron chi connectivity index (χ2n) is 3.27. The normalized spacial score (nSPS) is 13.3. The lowest BCUT2D eigenvalue weighted by molar-refractivity contribution is 0.249. The SMILES string of the molecule is C/C(=C\C(C)=N\NC(N)=O)C(C)C. The van der Waals surface area contributed by atoms with Crippen LogP contribution in [-0.2, 0) is 0 Å². The monoisotopic (exact) mass is 183 g/mol. The fourth-order valence-corrected chi connectivity index (χ4v) is 0.672. The number of hydrogen-bond acceptors (Lipinski definition) is 2. The van der Waals surface area contributed by atoms with E-state index in [1.807, 2.05) is 19.9 Å². The van der Waals surface area contributed by atoms with Crippen molar-refractivity contribution in [2.75, 3.05) is 0 Å². The van der Waals surface area contributed by atoms with Gasteiger partial charge in [-0.2, -0.15) is 5.10 Å². The first-order chi connectivity index (χ1) is 5.93. The molecule has 0 heterocycles. The lowest BCUT2D eigenvalue weighted by Gasteiger charge is -2.04. The number of carbonyl (C=O) groups is 1. The maximum Gasteiger partial charge on any atom is 0.332 e. The number of rotatable bonds is 3. The third kappa shape index (κ3) is 5.90. The number of amides is 2. The predicted octanol–water partition coefficient (Wildman–Crippen LogP) is 1.63. The molecular formula is C9H17N3O. The van der Waals surface area contributed by atoms with Crippen molar-refractivity contribution in [3.8, 4) is 0 Å². The van der Waals surface area contributed by atoms with Gasteiger partial charge in [0.05, 0.1) is 5.71 Å². The van der Waals surface area contributed by atoms with Gasteiger partial charge in [0.25, 0.3) is 0 Å². The van der Waals surface area contributed by atoms with Gasteiger partial charge >= 0.3 is 6.03 Å². The molecule has 0 atom stereocenters. The smallest absolute Gasteiger partial charge is 0.332 e. The highest BCUT2D eigenvalue weighted by Gasteiger charge is 1.96. The molecule has 0 radical (unpaired) electrons. The van der Waals surface area contributed by atoms with E-state index in [0.717, 1.165) is 5.71 Å². The molecule has 4 heteroatoms. The molecule has 0 bridgehead atoms. The first-order valence-electron chi connectivity index (χ1n) is 4.21. The summed E-state index contributed by atoms with van der Waals surface area (Å²) in [6.45, 7) is 8.02. The lowest BCUT2D eigenvalue weighted by atomic mass is 10.0. The summed E-state index contributed by atoms with van der Waals surface area (Å²) in [6.07, 6.45) is 1.92. The van der Waals surface area contributed by atoms with Crippen molar-refractivity contribution in [3.05, 3.63) is 11.6 Å². The highest BCUT2D eigenvalue weighted by molar-refractivity contribution is 5.94. The molecule has 4 nitrogen and oxygen atoms in total. The Morgan fingerprint density at radius 1 is 1.46 bits per heavy atom. The van der Waals surface area contributed by atoms with Crippen LogP contribution in [0.4, 0.5) is 4.79 Å². The Bertz CT molecular complexity index is 241. The molecule has 0 aliphatic carbocycles. The molecule has 13 heavy (non-hydrogen) atoms. The van der Waals surface area contributed by atoms with Gasteiger partial charge in [-0.25, -0.2) is 10.2 Å². The number of hydrogen-bond donors (Lipinski definition) is 2. The predicted molar refractivity (Wildman–Crippen MR) is 54.4 cm³/mol. The first-order valence-corrected chi connectivity index (χ1v) is 4.21. The molecule has 2 amide bonds. The van der Waals surface area contributed by atoms with Crippen LogP contribution in [0, 0.1) is 5.92 Å². The van der Waals surface area contributed by atoms with Crippen LogP contribution in [0.3, 0.4) is 0 Å². The number of nitrogens with two attached hydrogens (primary N) is 1. The Hall–Kier alpha value is -1.32. The zero-order valence-electron chi connectivity index (χ0n) is 8.59. The second kappa shape index (κ2) is 5.35. The third-order valence-corrected chi connectivity index (χ3v) is 1.69. The Morgan fingerprint density at radius 3 is 2.38 bits per heavy atom. The van der Waals surface area contributed by atoms with E-state index in [4.69, 9.17) is 5.73 Å². The maximum atomic E-state index is 10.3. The third-order valence-electron chi connectivity index (χ3n) is 1.69. The molecule has 0 unspecified atom stereocenters. The minimum atomic E-state index is -0.644. The minimum absolute atomic E-state index is 0.485. The number of urea groups is 1. The summed E-state index contributed by atoms with van der Waals surface area (Å²) in [6, 6.07) is -0.644. The molecule has 0 aliphatic rings. The number of carbonyl (C=O) groups excluding carboxylic acids is 1. The molecule has 74 valence electrons. The first kappa shape index (κ1) is 11.7. The molecule has 0 aromatic carbocycles.